The molecule has 5 nitrogen and oxygen atoms in total. The zero-order valence-electron chi connectivity index (χ0n) is 76.5. The van der Waals surface area contributed by atoms with Gasteiger partial charge in [0, 0.05) is 100 Å². The van der Waals surface area contributed by atoms with E-state index in [9.17, 15) is 8.22 Å². The standard InChI is InChI=1S/C105H106BN5/c1-99(2,3)68-45-52-88-81(55-68)82-56-69(100(4,5)6)46-53-89(82)109(88)74-48-51-85-91(64-74)111(97-80(67-39-29-24-30-40-67)59-71(102(10,11)12)60-83(97)77-49-54-94(104(16,17)18)107-98(77)105(19,20)21)93-62-72(103(13,14)15)61-92-95(93)106(85)84-50-47-73(108-86-43-33-31-41-75(86)76-42-32-34-44-87(76)108)63-90(84)110(92)96-78(65-35-25-22-26-36-65)57-70(101(7,8)9)58-79(96)66-37-27-23-28-38-66/h22-64H,1-21H3/i31D,32D,33D,34D,41D,42D,43D,44D. The molecule has 0 N–H and O–H groups in total. The molecule has 6 heteroatoms. The van der Waals surface area contributed by atoms with Gasteiger partial charge in [-0.15, -0.1) is 0 Å². The first-order chi connectivity index (χ1) is 55.8. The number of benzene rings is 12. The van der Waals surface area contributed by atoms with Crippen LogP contribution in [0, 0.1) is 0 Å². The molecule has 554 valence electrons. The molecule has 0 radical (unpaired) electrons. The highest BCUT2D eigenvalue weighted by atomic mass is 15.2. The highest BCUT2D eigenvalue weighted by Crippen LogP contribution is 2.57. The summed E-state index contributed by atoms with van der Waals surface area (Å²) in [7, 11) is 0. The largest absolute Gasteiger partial charge is 0.310 e. The minimum absolute atomic E-state index is 0.0119. The molecule has 0 saturated carbocycles. The van der Waals surface area contributed by atoms with Crippen molar-refractivity contribution >= 4 is 101 Å². The van der Waals surface area contributed by atoms with E-state index in [0.717, 1.165) is 134 Å². The van der Waals surface area contributed by atoms with E-state index in [2.05, 4.69) is 366 Å². The Bertz CT molecular complexity index is 6540. The van der Waals surface area contributed by atoms with E-state index in [4.69, 9.17) is 7.73 Å². The lowest BCUT2D eigenvalue weighted by Crippen LogP contribution is -2.61. The third kappa shape index (κ3) is 12.4. The van der Waals surface area contributed by atoms with Gasteiger partial charge in [0.1, 0.15) is 0 Å². The Morgan fingerprint density at radius 2 is 0.658 bits per heavy atom. The summed E-state index contributed by atoms with van der Waals surface area (Å²) in [4.78, 5) is 11.0. The van der Waals surface area contributed by atoms with Crippen LogP contribution in [-0.4, -0.2) is 20.8 Å². The number of para-hydroxylation sites is 2. The SMILES string of the molecule is [2H]c1c([2H])c([2H])c2c(c1[2H])c1c([2H])c([2H])c([2H])c([2H])c1n2-c1ccc2c(c1)N(c1c(-c3ccccc3)cc(C(C)(C)C)cc1-c1ccccc1)c1cc(C(C)(C)C)cc3c1B2c1ccc(-n2c4ccc(C(C)(C)C)cc4c4cc(C(C)(C)C)ccc42)cc1N3c1c(-c2ccccc2)cc(C(C)(C)C)cc1-c1ccc(C(C)(C)C)nc1C(C)(C)C. The van der Waals surface area contributed by atoms with Gasteiger partial charge in [-0.25, -0.2) is 0 Å². The van der Waals surface area contributed by atoms with Gasteiger partial charge >= 0.3 is 0 Å². The molecule has 0 saturated heterocycles. The van der Waals surface area contributed by atoms with E-state index in [-0.39, 0.29) is 61.0 Å². The van der Waals surface area contributed by atoms with E-state index in [1.165, 1.54) is 27.5 Å². The van der Waals surface area contributed by atoms with E-state index < -0.39 is 53.8 Å². The van der Waals surface area contributed by atoms with Crippen LogP contribution >= 0.6 is 0 Å². The van der Waals surface area contributed by atoms with Gasteiger partial charge in [-0.05, 0) is 191 Å². The maximum Gasteiger partial charge on any atom is 0.252 e. The van der Waals surface area contributed by atoms with Crippen molar-refractivity contribution in [2.45, 2.75) is 183 Å². The lowest BCUT2D eigenvalue weighted by atomic mass is 9.33. The summed E-state index contributed by atoms with van der Waals surface area (Å²) in [5, 5.41) is 2.38. The van der Waals surface area contributed by atoms with Gasteiger partial charge in [0.05, 0.1) is 50.1 Å². The van der Waals surface area contributed by atoms with Gasteiger partial charge in [-0.1, -0.05) is 303 Å². The zero-order chi connectivity index (χ0) is 85.1. The molecule has 5 heterocycles. The summed E-state index contributed by atoms with van der Waals surface area (Å²) in [5.74, 6) is 0. The topological polar surface area (TPSA) is 29.2 Å². The number of anilines is 6. The second-order valence-electron chi connectivity index (χ2n) is 38.4. The third-order valence-electron chi connectivity index (χ3n) is 23.3. The number of pyridine rings is 1. The molecule has 3 aromatic heterocycles. The second-order valence-corrected chi connectivity index (χ2v) is 38.4. The Hall–Kier alpha value is -10.9. The molecule has 15 aromatic rings. The summed E-state index contributed by atoms with van der Waals surface area (Å²) < 4.78 is 80.5. The van der Waals surface area contributed by atoms with E-state index in [0.29, 0.717) is 5.69 Å². The summed E-state index contributed by atoms with van der Waals surface area (Å²) >= 11 is 0. The van der Waals surface area contributed by atoms with Crippen molar-refractivity contribution in [3.8, 4) is 55.9 Å². The number of hydrogen-bond donors (Lipinski definition) is 0. The monoisotopic (exact) mass is 1460 g/mol. The molecule has 0 aliphatic carbocycles. The van der Waals surface area contributed by atoms with Crippen molar-refractivity contribution in [3.63, 3.8) is 0 Å². The first-order valence-electron chi connectivity index (χ1n) is 43.6. The zero-order valence-corrected chi connectivity index (χ0v) is 68.5. The Labute approximate surface area is 671 Å². The lowest BCUT2D eigenvalue weighted by molar-refractivity contribution is 0.532. The highest BCUT2D eigenvalue weighted by molar-refractivity contribution is 7.00. The van der Waals surface area contributed by atoms with Crippen LogP contribution in [-0.2, 0) is 37.9 Å². The van der Waals surface area contributed by atoms with Crippen LogP contribution in [0.2, 0.25) is 0 Å². The van der Waals surface area contributed by atoms with Crippen molar-refractivity contribution in [3.05, 3.63) is 300 Å². The van der Waals surface area contributed by atoms with E-state index >= 15 is 0 Å². The number of fused-ring (bicyclic) bond motifs is 10. The lowest BCUT2D eigenvalue weighted by Gasteiger charge is -2.47. The van der Waals surface area contributed by atoms with Crippen LogP contribution in [0.25, 0.3) is 99.5 Å². The van der Waals surface area contributed by atoms with E-state index in [1.54, 1.807) is 4.57 Å². The molecule has 111 heavy (non-hydrogen) atoms. The number of hydrogen-bond acceptors (Lipinski definition) is 3. The van der Waals surface area contributed by atoms with Gasteiger partial charge in [0.25, 0.3) is 6.71 Å². The average molecular weight is 1460 g/mol. The van der Waals surface area contributed by atoms with Gasteiger partial charge in [0.2, 0.25) is 0 Å². The van der Waals surface area contributed by atoms with Crippen LogP contribution < -0.4 is 26.2 Å². The molecule has 12 aromatic carbocycles. The van der Waals surface area contributed by atoms with Crippen molar-refractivity contribution in [1.29, 1.82) is 0 Å². The predicted molar refractivity (Wildman–Crippen MR) is 480 cm³/mol. The Balaban J connectivity index is 1.11. The Morgan fingerprint density at radius 3 is 1.05 bits per heavy atom. The van der Waals surface area contributed by atoms with E-state index in [1.807, 2.05) is 6.07 Å². The van der Waals surface area contributed by atoms with Crippen molar-refractivity contribution in [2.24, 2.45) is 0 Å². The molecule has 0 bridgehead atoms. The molecule has 0 fully saturated rings. The molecule has 0 amide bonds. The minimum Gasteiger partial charge on any atom is -0.310 e. The fourth-order valence-electron chi connectivity index (χ4n) is 17.1. The second kappa shape index (κ2) is 25.8. The van der Waals surface area contributed by atoms with Gasteiger partial charge < -0.3 is 18.9 Å². The highest BCUT2D eigenvalue weighted by Gasteiger charge is 2.47. The minimum atomic E-state index is -0.534. The molecule has 0 unspecified atom stereocenters. The molecule has 0 atom stereocenters. The van der Waals surface area contributed by atoms with Gasteiger partial charge in [0.15, 0.2) is 0 Å². The molecule has 2 aliphatic heterocycles. The smallest absolute Gasteiger partial charge is 0.252 e. The molecule has 0 spiro atoms. The quantitative estimate of drug-likeness (QED) is 0.142. The molecule has 17 rings (SSSR count). The van der Waals surface area contributed by atoms with Crippen molar-refractivity contribution < 1.29 is 11.0 Å². The van der Waals surface area contributed by atoms with Crippen LogP contribution in [0.1, 0.15) is 196 Å². The van der Waals surface area contributed by atoms with Crippen LogP contribution in [0.5, 0.6) is 0 Å². The van der Waals surface area contributed by atoms with Crippen molar-refractivity contribution in [2.75, 3.05) is 9.80 Å². The summed E-state index contributed by atoms with van der Waals surface area (Å²) in [6.07, 6.45) is 0. The van der Waals surface area contributed by atoms with Crippen LogP contribution in [0.4, 0.5) is 34.1 Å². The summed E-state index contributed by atoms with van der Waals surface area (Å²) in [6.45, 7) is 47.5. The molecular formula is C105H106BN5. The third-order valence-corrected chi connectivity index (χ3v) is 23.3. The number of rotatable bonds is 8. The van der Waals surface area contributed by atoms with Crippen LogP contribution in [0.3, 0.4) is 0 Å². The average Bonchev–Trinajstić information content (AvgIpc) is 1.59. The number of nitrogens with zero attached hydrogens (tertiary/aromatic N) is 5. The molecular weight excluding hydrogens is 1340 g/mol. The van der Waals surface area contributed by atoms with Crippen LogP contribution in [0.15, 0.2) is 261 Å². The van der Waals surface area contributed by atoms with Crippen molar-refractivity contribution in [1.82, 2.24) is 14.1 Å². The Kier molecular flexibility index (Phi) is 14.8. The maximum atomic E-state index is 9.95. The van der Waals surface area contributed by atoms with Gasteiger partial charge in [-0.3, -0.25) is 4.98 Å². The fourth-order valence-corrected chi connectivity index (χ4v) is 17.1. The maximum absolute atomic E-state index is 9.95. The fraction of sp³-hybridized carbons (Fsp3) is 0.267. The van der Waals surface area contributed by atoms with Gasteiger partial charge in [-0.2, -0.15) is 0 Å². The Morgan fingerprint density at radius 1 is 0.288 bits per heavy atom. The predicted octanol–water partition coefficient (Wildman–Crippen LogP) is 27.1. The normalized spacial score (nSPS) is 14.6. The first-order valence-corrected chi connectivity index (χ1v) is 39.6. The molecule has 2 aliphatic rings. The summed E-state index contributed by atoms with van der Waals surface area (Å²) in [5.41, 5.74) is 26.0. The first kappa shape index (κ1) is 63.8. The summed E-state index contributed by atoms with van der Waals surface area (Å²) in [6, 6.07) is 75.7. The number of aromatic nitrogens is 3.